The molecule has 0 aliphatic carbocycles. The van der Waals surface area contributed by atoms with Gasteiger partial charge in [0.1, 0.15) is 0 Å². The van der Waals surface area contributed by atoms with Crippen LogP contribution in [0.25, 0.3) is 0 Å². The van der Waals surface area contributed by atoms with Crippen LogP contribution in [0, 0.1) is 5.92 Å². The van der Waals surface area contributed by atoms with Gasteiger partial charge >= 0.3 is 0 Å². The Morgan fingerprint density at radius 3 is 2.84 bits per heavy atom. The number of amides is 1. The summed E-state index contributed by atoms with van der Waals surface area (Å²) >= 11 is 13.3. The summed E-state index contributed by atoms with van der Waals surface area (Å²) in [6.45, 7) is 2.45. The van der Waals surface area contributed by atoms with Crippen LogP contribution in [-0.2, 0) is 10.5 Å². The van der Waals surface area contributed by atoms with Crippen molar-refractivity contribution in [2.45, 2.75) is 12.7 Å². The molecule has 6 heteroatoms. The summed E-state index contributed by atoms with van der Waals surface area (Å²) in [6.07, 6.45) is 0. The lowest BCUT2D eigenvalue weighted by Gasteiger charge is -2.09. The fourth-order valence-electron chi connectivity index (χ4n) is 1.30. The molecular formula is C13H17Cl2NO2S. The number of benzene rings is 1. The average molecular weight is 322 g/mol. The summed E-state index contributed by atoms with van der Waals surface area (Å²) in [7, 11) is 0. The normalized spacial score (nSPS) is 12.2. The monoisotopic (exact) mass is 321 g/mol. The van der Waals surface area contributed by atoms with Gasteiger partial charge in [-0.25, -0.2) is 0 Å². The summed E-state index contributed by atoms with van der Waals surface area (Å²) < 4.78 is 0. The number of hydrogen-bond donors (Lipinski definition) is 2. The summed E-state index contributed by atoms with van der Waals surface area (Å²) in [5.41, 5.74) is 0.965. The van der Waals surface area contributed by atoms with Crippen LogP contribution in [0.15, 0.2) is 18.2 Å². The second-order valence-corrected chi connectivity index (χ2v) is 6.15. The van der Waals surface area contributed by atoms with Crippen LogP contribution in [-0.4, -0.2) is 29.9 Å². The molecule has 1 unspecified atom stereocenters. The Morgan fingerprint density at radius 2 is 2.21 bits per heavy atom. The zero-order chi connectivity index (χ0) is 14.3. The van der Waals surface area contributed by atoms with E-state index in [0.717, 1.165) is 5.56 Å². The number of thioether (sulfide) groups is 1. The molecule has 106 valence electrons. The molecule has 0 bridgehead atoms. The molecule has 0 saturated carbocycles. The summed E-state index contributed by atoms with van der Waals surface area (Å²) in [5.74, 6) is 1.09. The SMILES string of the molecule is CC(CO)CNC(=O)CSCc1ccc(Cl)cc1Cl. The van der Waals surface area contributed by atoms with Crippen molar-refractivity contribution in [3.05, 3.63) is 33.8 Å². The third kappa shape index (κ3) is 6.52. The first-order chi connectivity index (χ1) is 9.02. The van der Waals surface area contributed by atoms with Crippen LogP contribution in [0.5, 0.6) is 0 Å². The molecule has 0 saturated heterocycles. The van der Waals surface area contributed by atoms with Gasteiger partial charge in [0.2, 0.25) is 5.91 Å². The van der Waals surface area contributed by atoms with Crippen molar-refractivity contribution >= 4 is 40.9 Å². The fraction of sp³-hybridized carbons (Fsp3) is 0.462. The van der Waals surface area contributed by atoms with E-state index < -0.39 is 0 Å². The molecule has 19 heavy (non-hydrogen) atoms. The van der Waals surface area contributed by atoms with E-state index >= 15 is 0 Å². The van der Waals surface area contributed by atoms with Crippen LogP contribution in [0.2, 0.25) is 10.0 Å². The minimum absolute atomic E-state index is 0.0321. The zero-order valence-electron chi connectivity index (χ0n) is 10.7. The van der Waals surface area contributed by atoms with Crippen molar-refractivity contribution in [2.24, 2.45) is 5.92 Å². The highest BCUT2D eigenvalue weighted by Gasteiger charge is 2.06. The van der Waals surface area contributed by atoms with E-state index in [4.69, 9.17) is 28.3 Å². The highest BCUT2D eigenvalue weighted by atomic mass is 35.5. The number of hydrogen-bond acceptors (Lipinski definition) is 3. The number of halogens is 2. The molecule has 0 radical (unpaired) electrons. The predicted molar refractivity (Wildman–Crippen MR) is 81.9 cm³/mol. The first-order valence-electron chi connectivity index (χ1n) is 5.92. The lowest BCUT2D eigenvalue weighted by molar-refractivity contribution is -0.118. The summed E-state index contributed by atoms with van der Waals surface area (Å²) in [6, 6.07) is 5.34. The van der Waals surface area contributed by atoms with Crippen molar-refractivity contribution in [2.75, 3.05) is 18.9 Å². The number of rotatable bonds is 7. The smallest absolute Gasteiger partial charge is 0.230 e. The predicted octanol–water partition coefficient (Wildman–Crippen LogP) is 2.97. The Hall–Kier alpha value is -0.420. The van der Waals surface area contributed by atoms with Crippen LogP contribution in [0.1, 0.15) is 12.5 Å². The Kier molecular flexibility index (Phi) is 7.61. The minimum atomic E-state index is -0.0321. The van der Waals surface area contributed by atoms with Crippen molar-refractivity contribution in [3.8, 4) is 0 Å². The number of nitrogens with one attached hydrogen (secondary N) is 1. The van der Waals surface area contributed by atoms with E-state index in [2.05, 4.69) is 5.32 Å². The third-order valence-corrected chi connectivity index (χ3v) is 4.03. The van der Waals surface area contributed by atoms with Gasteiger partial charge in [-0.1, -0.05) is 36.2 Å². The lowest BCUT2D eigenvalue weighted by atomic mass is 10.2. The molecular weight excluding hydrogens is 305 g/mol. The highest BCUT2D eigenvalue weighted by molar-refractivity contribution is 7.99. The van der Waals surface area contributed by atoms with Crippen molar-refractivity contribution in [1.29, 1.82) is 0 Å². The van der Waals surface area contributed by atoms with Crippen LogP contribution in [0.3, 0.4) is 0 Å². The lowest BCUT2D eigenvalue weighted by Crippen LogP contribution is -2.30. The van der Waals surface area contributed by atoms with Gasteiger partial charge in [-0.15, -0.1) is 11.8 Å². The Bertz CT molecular complexity index is 429. The molecule has 1 aromatic rings. The van der Waals surface area contributed by atoms with Gasteiger partial charge in [0.25, 0.3) is 0 Å². The zero-order valence-corrected chi connectivity index (χ0v) is 13.0. The fourth-order valence-corrected chi connectivity index (χ4v) is 2.71. The van der Waals surface area contributed by atoms with Crippen LogP contribution >= 0.6 is 35.0 Å². The molecule has 1 aromatic carbocycles. The first kappa shape index (κ1) is 16.6. The molecule has 3 nitrogen and oxygen atoms in total. The topological polar surface area (TPSA) is 49.3 Å². The maximum Gasteiger partial charge on any atom is 0.230 e. The third-order valence-electron chi connectivity index (χ3n) is 2.47. The molecule has 0 spiro atoms. The molecule has 0 fully saturated rings. The minimum Gasteiger partial charge on any atom is -0.396 e. The number of aliphatic hydroxyl groups is 1. The molecule has 1 rings (SSSR count). The van der Waals surface area contributed by atoms with Crippen LogP contribution in [0.4, 0.5) is 0 Å². The van der Waals surface area contributed by atoms with E-state index in [-0.39, 0.29) is 18.4 Å². The van der Waals surface area contributed by atoms with Crippen LogP contribution < -0.4 is 5.32 Å². The van der Waals surface area contributed by atoms with E-state index in [1.165, 1.54) is 11.8 Å². The van der Waals surface area contributed by atoms with Gasteiger partial charge < -0.3 is 10.4 Å². The average Bonchev–Trinajstić information content (AvgIpc) is 2.38. The van der Waals surface area contributed by atoms with Crippen molar-refractivity contribution in [3.63, 3.8) is 0 Å². The van der Waals surface area contributed by atoms with Gasteiger partial charge in [0.15, 0.2) is 0 Å². The Balaban J connectivity index is 2.28. The standard InChI is InChI=1S/C13H17Cl2NO2S/c1-9(6-17)5-16-13(18)8-19-7-10-2-3-11(14)4-12(10)15/h2-4,9,17H,5-8H2,1H3,(H,16,18). The van der Waals surface area contributed by atoms with Gasteiger partial charge in [0, 0.05) is 28.9 Å². The molecule has 1 atom stereocenters. The highest BCUT2D eigenvalue weighted by Crippen LogP contribution is 2.24. The largest absolute Gasteiger partial charge is 0.396 e. The van der Waals surface area contributed by atoms with Gasteiger partial charge in [-0.3, -0.25) is 4.79 Å². The van der Waals surface area contributed by atoms with E-state index in [0.29, 0.717) is 28.1 Å². The first-order valence-corrected chi connectivity index (χ1v) is 7.83. The number of carbonyl (C=O) groups excluding carboxylic acids is 1. The molecule has 0 heterocycles. The summed E-state index contributed by atoms with van der Waals surface area (Å²) in [4.78, 5) is 11.5. The van der Waals surface area contributed by atoms with Gasteiger partial charge in [-0.2, -0.15) is 0 Å². The maximum absolute atomic E-state index is 11.5. The molecule has 1 amide bonds. The number of aliphatic hydroxyl groups excluding tert-OH is 1. The quantitative estimate of drug-likeness (QED) is 0.811. The maximum atomic E-state index is 11.5. The Labute approximate surface area is 127 Å². The molecule has 0 aliphatic heterocycles. The number of carbonyl (C=O) groups is 1. The molecule has 2 N–H and O–H groups in total. The Morgan fingerprint density at radius 1 is 1.47 bits per heavy atom. The van der Waals surface area contributed by atoms with Gasteiger partial charge in [0.05, 0.1) is 5.75 Å². The van der Waals surface area contributed by atoms with Crippen molar-refractivity contribution in [1.82, 2.24) is 5.32 Å². The van der Waals surface area contributed by atoms with Crippen molar-refractivity contribution < 1.29 is 9.90 Å². The molecule has 0 aromatic heterocycles. The van der Waals surface area contributed by atoms with Gasteiger partial charge in [-0.05, 0) is 23.6 Å². The second kappa shape index (κ2) is 8.69. The van der Waals surface area contributed by atoms with E-state index in [1.54, 1.807) is 12.1 Å². The summed E-state index contributed by atoms with van der Waals surface area (Å²) in [5, 5.41) is 12.8. The molecule has 0 aliphatic rings. The second-order valence-electron chi connectivity index (χ2n) is 4.32. The van der Waals surface area contributed by atoms with E-state index in [1.807, 2.05) is 13.0 Å². The van der Waals surface area contributed by atoms with E-state index in [9.17, 15) is 4.79 Å².